The van der Waals surface area contributed by atoms with Crippen LogP contribution in [0.5, 0.6) is 11.5 Å². The van der Waals surface area contributed by atoms with Gasteiger partial charge in [0.25, 0.3) is 0 Å². The molecule has 1 aliphatic rings. The van der Waals surface area contributed by atoms with Gasteiger partial charge in [0.2, 0.25) is 0 Å². The zero-order valence-electron chi connectivity index (χ0n) is 11.9. The quantitative estimate of drug-likeness (QED) is 0.855. The first-order chi connectivity index (χ1) is 9.63. The van der Waals surface area contributed by atoms with E-state index in [0.29, 0.717) is 17.1 Å². The van der Waals surface area contributed by atoms with E-state index in [1.54, 1.807) is 25.3 Å². The van der Waals surface area contributed by atoms with Crippen LogP contribution >= 0.6 is 0 Å². The number of carbonyl (C=O) groups is 1. The number of ether oxygens (including phenoxy) is 3. The molecule has 110 valence electrons. The van der Waals surface area contributed by atoms with E-state index >= 15 is 0 Å². The van der Waals surface area contributed by atoms with Crippen LogP contribution in [0.1, 0.15) is 36.0 Å². The van der Waals surface area contributed by atoms with E-state index in [9.17, 15) is 4.79 Å². The van der Waals surface area contributed by atoms with Crippen molar-refractivity contribution < 1.29 is 19.0 Å². The first-order valence-corrected chi connectivity index (χ1v) is 6.82. The minimum Gasteiger partial charge on any atom is -0.493 e. The van der Waals surface area contributed by atoms with E-state index in [2.05, 4.69) is 4.74 Å². The van der Waals surface area contributed by atoms with Crippen LogP contribution in [0.25, 0.3) is 0 Å². The van der Waals surface area contributed by atoms with Crippen LogP contribution in [0.3, 0.4) is 0 Å². The molecule has 0 aromatic heterocycles. The van der Waals surface area contributed by atoms with Crippen molar-refractivity contribution in [2.24, 2.45) is 5.73 Å². The molecule has 1 aliphatic carbocycles. The van der Waals surface area contributed by atoms with Crippen molar-refractivity contribution in [1.82, 2.24) is 0 Å². The second-order valence-corrected chi connectivity index (χ2v) is 5.02. The second-order valence-electron chi connectivity index (χ2n) is 5.02. The van der Waals surface area contributed by atoms with Gasteiger partial charge >= 0.3 is 5.97 Å². The fourth-order valence-corrected chi connectivity index (χ4v) is 2.48. The molecule has 0 amide bonds. The van der Waals surface area contributed by atoms with Crippen molar-refractivity contribution in [3.8, 4) is 11.5 Å². The van der Waals surface area contributed by atoms with Crippen LogP contribution in [0.15, 0.2) is 18.2 Å². The summed E-state index contributed by atoms with van der Waals surface area (Å²) in [6.45, 7) is 0. The summed E-state index contributed by atoms with van der Waals surface area (Å²) in [5, 5.41) is 0. The van der Waals surface area contributed by atoms with Gasteiger partial charge in [0, 0.05) is 6.04 Å². The van der Waals surface area contributed by atoms with Gasteiger partial charge in [-0.2, -0.15) is 0 Å². The molecule has 2 N–H and O–H groups in total. The number of hydrogen-bond acceptors (Lipinski definition) is 5. The maximum Gasteiger partial charge on any atom is 0.337 e. The highest BCUT2D eigenvalue weighted by Crippen LogP contribution is 2.31. The number of esters is 1. The van der Waals surface area contributed by atoms with Gasteiger partial charge in [-0.05, 0) is 43.9 Å². The normalized spacial score (nSPS) is 22.1. The molecule has 1 fully saturated rings. The zero-order valence-corrected chi connectivity index (χ0v) is 11.9. The molecule has 0 radical (unpaired) electrons. The van der Waals surface area contributed by atoms with Crippen LogP contribution in [-0.4, -0.2) is 32.3 Å². The highest BCUT2D eigenvalue weighted by Gasteiger charge is 2.22. The van der Waals surface area contributed by atoms with E-state index in [1.165, 1.54) is 7.11 Å². The van der Waals surface area contributed by atoms with Gasteiger partial charge in [0.15, 0.2) is 11.5 Å². The topological polar surface area (TPSA) is 70.8 Å². The van der Waals surface area contributed by atoms with Gasteiger partial charge in [-0.15, -0.1) is 0 Å². The maximum atomic E-state index is 11.5. The molecular weight excluding hydrogens is 258 g/mol. The number of rotatable bonds is 4. The molecule has 0 saturated heterocycles. The Bertz CT molecular complexity index is 475. The smallest absolute Gasteiger partial charge is 0.337 e. The summed E-state index contributed by atoms with van der Waals surface area (Å²) in [6, 6.07) is 5.25. The summed E-state index contributed by atoms with van der Waals surface area (Å²) in [7, 11) is 2.90. The van der Waals surface area contributed by atoms with Gasteiger partial charge in [0.1, 0.15) is 6.10 Å². The molecule has 0 aliphatic heterocycles. The van der Waals surface area contributed by atoms with Gasteiger partial charge in [0.05, 0.1) is 19.8 Å². The van der Waals surface area contributed by atoms with Gasteiger partial charge < -0.3 is 19.9 Å². The number of methoxy groups -OCH3 is 2. The minimum absolute atomic E-state index is 0.108. The molecule has 0 heterocycles. The second kappa shape index (κ2) is 6.61. The van der Waals surface area contributed by atoms with Crippen molar-refractivity contribution in [2.75, 3.05) is 14.2 Å². The van der Waals surface area contributed by atoms with E-state index in [0.717, 1.165) is 25.7 Å². The lowest BCUT2D eigenvalue weighted by Crippen LogP contribution is -2.33. The third-order valence-corrected chi connectivity index (χ3v) is 3.55. The van der Waals surface area contributed by atoms with E-state index in [-0.39, 0.29) is 12.1 Å². The standard InChI is InChI=1S/C15H21NO4/c1-18-14-8-10(15(17)19-2)6-7-13(14)20-12-5-3-4-11(16)9-12/h6-8,11-12H,3-5,9,16H2,1-2H3. The molecule has 2 atom stereocenters. The Morgan fingerprint density at radius 2 is 2.05 bits per heavy atom. The number of benzene rings is 1. The Hall–Kier alpha value is -1.75. The summed E-state index contributed by atoms with van der Waals surface area (Å²) in [4.78, 5) is 11.5. The Kier molecular flexibility index (Phi) is 4.84. The van der Waals surface area contributed by atoms with Crippen molar-refractivity contribution in [3.05, 3.63) is 23.8 Å². The molecule has 2 unspecified atom stereocenters. The fraction of sp³-hybridized carbons (Fsp3) is 0.533. The summed E-state index contributed by atoms with van der Waals surface area (Å²) in [5.41, 5.74) is 6.40. The zero-order chi connectivity index (χ0) is 14.5. The SMILES string of the molecule is COC(=O)c1ccc(OC2CCCC(N)C2)c(OC)c1. The van der Waals surface area contributed by atoms with Crippen LogP contribution < -0.4 is 15.2 Å². The number of hydrogen-bond donors (Lipinski definition) is 1. The third kappa shape index (κ3) is 3.42. The van der Waals surface area contributed by atoms with Gasteiger partial charge in [-0.1, -0.05) is 0 Å². The van der Waals surface area contributed by atoms with Crippen molar-refractivity contribution in [3.63, 3.8) is 0 Å². The Morgan fingerprint density at radius 1 is 1.25 bits per heavy atom. The predicted molar refractivity (Wildman–Crippen MR) is 75.2 cm³/mol. The molecular formula is C15H21NO4. The average molecular weight is 279 g/mol. The molecule has 5 nitrogen and oxygen atoms in total. The molecule has 1 saturated carbocycles. The van der Waals surface area contributed by atoms with E-state index in [1.807, 2.05) is 0 Å². The summed E-state index contributed by atoms with van der Waals surface area (Å²) in [6.07, 6.45) is 4.08. The molecule has 20 heavy (non-hydrogen) atoms. The van der Waals surface area contributed by atoms with Crippen LogP contribution in [0, 0.1) is 0 Å². The van der Waals surface area contributed by atoms with E-state index < -0.39 is 5.97 Å². The Morgan fingerprint density at radius 3 is 2.70 bits per heavy atom. The Balaban J connectivity index is 2.13. The minimum atomic E-state index is -0.394. The lowest BCUT2D eigenvalue weighted by Gasteiger charge is -2.27. The van der Waals surface area contributed by atoms with Crippen molar-refractivity contribution in [1.29, 1.82) is 0 Å². The third-order valence-electron chi connectivity index (χ3n) is 3.55. The van der Waals surface area contributed by atoms with Crippen molar-refractivity contribution in [2.45, 2.75) is 37.8 Å². The first-order valence-electron chi connectivity index (χ1n) is 6.82. The maximum absolute atomic E-state index is 11.5. The lowest BCUT2D eigenvalue weighted by molar-refractivity contribution is 0.0600. The summed E-state index contributed by atoms with van der Waals surface area (Å²) in [5.74, 6) is 0.779. The number of carbonyl (C=O) groups excluding carboxylic acids is 1. The number of nitrogens with two attached hydrogens (primary N) is 1. The molecule has 1 aromatic carbocycles. The van der Waals surface area contributed by atoms with Crippen LogP contribution in [0.2, 0.25) is 0 Å². The lowest BCUT2D eigenvalue weighted by atomic mass is 9.93. The van der Waals surface area contributed by atoms with Gasteiger partial charge in [-0.3, -0.25) is 0 Å². The predicted octanol–water partition coefficient (Wildman–Crippen LogP) is 2.13. The first kappa shape index (κ1) is 14.7. The molecule has 0 bridgehead atoms. The van der Waals surface area contributed by atoms with E-state index in [4.69, 9.17) is 15.2 Å². The largest absolute Gasteiger partial charge is 0.493 e. The van der Waals surface area contributed by atoms with Gasteiger partial charge in [-0.25, -0.2) is 4.79 Å². The average Bonchev–Trinajstić information content (AvgIpc) is 2.47. The Labute approximate surface area is 119 Å². The summed E-state index contributed by atoms with van der Waals surface area (Å²) < 4.78 is 15.9. The molecule has 1 aromatic rings. The molecule has 2 rings (SSSR count). The highest BCUT2D eigenvalue weighted by atomic mass is 16.5. The monoisotopic (exact) mass is 279 g/mol. The highest BCUT2D eigenvalue weighted by molar-refractivity contribution is 5.90. The van der Waals surface area contributed by atoms with Crippen molar-refractivity contribution >= 4 is 5.97 Å². The molecule has 5 heteroatoms. The molecule has 0 spiro atoms. The fourth-order valence-electron chi connectivity index (χ4n) is 2.48. The summed E-state index contributed by atoms with van der Waals surface area (Å²) >= 11 is 0. The van der Waals surface area contributed by atoms with Crippen LogP contribution in [0.4, 0.5) is 0 Å². The van der Waals surface area contributed by atoms with Crippen LogP contribution in [-0.2, 0) is 4.74 Å².